The molecule has 0 aliphatic heterocycles. The summed E-state index contributed by atoms with van der Waals surface area (Å²) in [6.07, 6.45) is 30.5. The predicted molar refractivity (Wildman–Crippen MR) is 328 cm³/mol. The van der Waals surface area contributed by atoms with E-state index in [2.05, 4.69) is 137 Å². The van der Waals surface area contributed by atoms with Gasteiger partial charge in [0.15, 0.2) is 0 Å². The van der Waals surface area contributed by atoms with Gasteiger partial charge in [-0.25, -0.2) is 0 Å². The van der Waals surface area contributed by atoms with Gasteiger partial charge < -0.3 is 0 Å². The van der Waals surface area contributed by atoms with Crippen LogP contribution in [-0.4, -0.2) is 0 Å². The lowest BCUT2D eigenvalue weighted by Gasteiger charge is -2.44. The Bertz CT molecular complexity index is 1380. The fraction of sp³-hybridized carbons (Fsp3) is 0.657. The molecule has 0 bridgehead atoms. The van der Waals surface area contributed by atoms with Gasteiger partial charge in [-0.3, -0.25) is 0 Å². The molecule has 0 heterocycles. The van der Waals surface area contributed by atoms with E-state index in [0.717, 1.165) is 23.7 Å². The zero-order chi connectivity index (χ0) is 53.9. The van der Waals surface area contributed by atoms with E-state index in [-0.39, 0.29) is 5.41 Å². The van der Waals surface area contributed by atoms with Crippen molar-refractivity contribution in [2.24, 2.45) is 29.1 Å². The monoisotopic (exact) mass is 965 g/mol. The number of hydrogen-bond acceptors (Lipinski definition) is 0. The van der Waals surface area contributed by atoms with E-state index in [1.807, 2.05) is 123 Å². The molecule has 404 valence electrons. The van der Waals surface area contributed by atoms with Gasteiger partial charge in [0.25, 0.3) is 0 Å². The summed E-state index contributed by atoms with van der Waals surface area (Å²) in [6.45, 7) is 41.7. The zero-order valence-corrected chi connectivity index (χ0v) is 51.0. The van der Waals surface area contributed by atoms with Gasteiger partial charge >= 0.3 is 0 Å². The summed E-state index contributed by atoms with van der Waals surface area (Å²) in [6, 6.07) is 42.0. The molecule has 4 saturated carbocycles. The molecule has 0 saturated heterocycles. The third kappa shape index (κ3) is 30.7. The van der Waals surface area contributed by atoms with Gasteiger partial charge in [-0.15, -0.1) is 0 Å². The summed E-state index contributed by atoms with van der Waals surface area (Å²) >= 11 is 0. The summed E-state index contributed by atoms with van der Waals surface area (Å²) < 4.78 is 0. The number of benzene rings is 4. The molecule has 0 atom stereocenters. The summed E-state index contributed by atoms with van der Waals surface area (Å²) in [7, 11) is 0. The average molecular weight is 966 g/mol. The average Bonchev–Trinajstić information content (AvgIpc) is 3.49. The summed E-state index contributed by atoms with van der Waals surface area (Å²) in [5, 5.41) is 0. The highest BCUT2D eigenvalue weighted by Gasteiger charge is 2.37. The second kappa shape index (κ2) is 52.2. The molecule has 0 spiro atoms. The van der Waals surface area contributed by atoms with Crippen LogP contribution in [0.2, 0.25) is 0 Å². The fourth-order valence-corrected chi connectivity index (χ4v) is 10.4. The fourth-order valence-electron chi connectivity index (χ4n) is 10.4. The SMILES string of the molecule is C1CCC(C2CCCCC2)CC1.CC.CC.CC.CC.CC.CC.CC.CC.CC(C)(C1CCCCC1)C1CCCCC1.CC(C)(c1ccccc1)c1ccccc1.c1ccc(-c2ccccc2)cc1. The Labute approximate surface area is 442 Å². The molecule has 4 aromatic rings. The maximum absolute atomic E-state index is 2.57. The number of rotatable bonds is 6. The summed E-state index contributed by atoms with van der Waals surface area (Å²) in [4.78, 5) is 0. The highest BCUT2D eigenvalue weighted by Crippen LogP contribution is 2.48. The topological polar surface area (TPSA) is 0 Å². The van der Waals surface area contributed by atoms with E-state index in [1.165, 1.54) is 125 Å². The minimum atomic E-state index is 0.0858. The normalized spacial score (nSPS) is 15.5. The molecule has 0 aromatic heterocycles. The van der Waals surface area contributed by atoms with E-state index in [4.69, 9.17) is 0 Å². The van der Waals surface area contributed by atoms with Gasteiger partial charge in [0.1, 0.15) is 0 Å². The highest BCUT2D eigenvalue weighted by molar-refractivity contribution is 5.62. The van der Waals surface area contributed by atoms with Crippen molar-refractivity contribution in [3.05, 3.63) is 132 Å². The van der Waals surface area contributed by atoms with Crippen LogP contribution in [0.1, 0.15) is 278 Å². The van der Waals surface area contributed by atoms with Gasteiger partial charge in [0, 0.05) is 5.41 Å². The van der Waals surface area contributed by atoms with Crippen molar-refractivity contribution in [2.45, 2.75) is 272 Å². The van der Waals surface area contributed by atoms with Crippen molar-refractivity contribution in [2.75, 3.05) is 0 Å². The van der Waals surface area contributed by atoms with Crippen LogP contribution in [0.3, 0.4) is 0 Å². The quantitative estimate of drug-likeness (QED) is 0.181. The standard InChI is InChI=1S/C15H28.C15H16.C12H22.C12H10.8C2H6/c2*1-15(2,13-9-5-3-6-10-13)14-11-7-4-8-12-14;2*1-3-7-11(8-4-1)12-9-5-2-6-10-12;8*1-2/h13-14H,3-12H2,1-2H3;3-12H,1-2H3;11-12H,1-10H2;1-10H;8*1-2H3. The third-order valence-electron chi connectivity index (χ3n) is 14.2. The Balaban J connectivity index is -0.000000379. The van der Waals surface area contributed by atoms with E-state index >= 15 is 0 Å². The molecule has 0 radical (unpaired) electrons. The lowest BCUT2D eigenvalue weighted by Crippen LogP contribution is -2.35. The molecule has 4 aliphatic carbocycles. The summed E-state index contributed by atoms with van der Waals surface area (Å²) in [5.74, 6) is 4.35. The van der Waals surface area contributed by atoms with Crippen LogP contribution in [-0.2, 0) is 5.41 Å². The number of hydrogen-bond donors (Lipinski definition) is 0. The largest absolute Gasteiger partial charge is 0.0683 e. The van der Waals surface area contributed by atoms with Crippen molar-refractivity contribution in [1.82, 2.24) is 0 Å². The Morgan fingerprint density at radius 3 is 0.686 bits per heavy atom. The zero-order valence-electron chi connectivity index (χ0n) is 51.0. The molecule has 0 unspecified atom stereocenters. The van der Waals surface area contributed by atoms with Crippen molar-refractivity contribution in [1.29, 1.82) is 0 Å². The molecule has 4 fully saturated rings. The maximum atomic E-state index is 2.57. The van der Waals surface area contributed by atoms with Crippen molar-refractivity contribution in [3.63, 3.8) is 0 Å². The lowest BCUT2D eigenvalue weighted by molar-refractivity contribution is 0.0587. The Kier molecular flexibility index (Phi) is 54.8. The second-order valence-corrected chi connectivity index (χ2v) is 18.4. The van der Waals surface area contributed by atoms with Gasteiger partial charge in [0.05, 0.1) is 0 Å². The van der Waals surface area contributed by atoms with E-state index in [9.17, 15) is 0 Å². The van der Waals surface area contributed by atoms with Crippen molar-refractivity contribution in [3.8, 4) is 11.1 Å². The molecule has 0 N–H and O–H groups in total. The first-order chi connectivity index (χ1) is 34.4. The maximum Gasteiger partial charge on any atom is 0.0146 e. The first-order valence-corrected chi connectivity index (χ1v) is 30.6. The highest BCUT2D eigenvalue weighted by atomic mass is 14.4. The Hall–Kier alpha value is -3.12. The van der Waals surface area contributed by atoms with Crippen LogP contribution in [0.5, 0.6) is 0 Å². The van der Waals surface area contributed by atoms with Crippen LogP contribution in [0.25, 0.3) is 11.1 Å². The van der Waals surface area contributed by atoms with E-state index in [0.29, 0.717) is 5.41 Å². The van der Waals surface area contributed by atoms with Crippen LogP contribution < -0.4 is 0 Å². The molecule has 4 aliphatic rings. The van der Waals surface area contributed by atoms with Crippen LogP contribution in [0, 0.1) is 29.1 Å². The Morgan fingerprint density at radius 2 is 0.457 bits per heavy atom. The first kappa shape index (κ1) is 73.4. The Morgan fingerprint density at radius 1 is 0.257 bits per heavy atom. The third-order valence-corrected chi connectivity index (χ3v) is 14.2. The lowest BCUT2D eigenvalue weighted by atomic mass is 9.61. The van der Waals surface area contributed by atoms with Crippen LogP contribution in [0.4, 0.5) is 0 Å². The molecule has 0 nitrogen and oxygen atoms in total. The molecular formula is C70H124. The molecule has 4 aromatic carbocycles. The van der Waals surface area contributed by atoms with E-state index < -0.39 is 0 Å². The van der Waals surface area contributed by atoms with Crippen LogP contribution >= 0.6 is 0 Å². The predicted octanol–water partition coefficient (Wildman–Crippen LogP) is 24.9. The first-order valence-electron chi connectivity index (χ1n) is 30.6. The van der Waals surface area contributed by atoms with Gasteiger partial charge in [-0.1, -0.05) is 363 Å². The molecule has 70 heavy (non-hydrogen) atoms. The second-order valence-electron chi connectivity index (χ2n) is 18.4. The van der Waals surface area contributed by atoms with Crippen LogP contribution in [0.15, 0.2) is 121 Å². The van der Waals surface area contributed by atoms with Crippen molar-refractivity contribution >= 4 is 0 Å². The minimum Gasteiger partial charge on any atom is -0.0683 e. The van der Waals surface area contributed by atoms with Gasteiger partial charge in [-0.2, -0.15) is 0 Å². The molecule has 0 heteroatoms. The molecule has 8 rings (SSSR count). The molecular weight excluding hydrogens is 841 g/mol. The van der Waals surface area contributed by atoms with Crippen molar-refractivity contribution < 1.29 is 0 Å². The van der Waals surface area contributed by atoms with Gasteiger partial charge in [-0.05, 0) is 77.0 Å². The van der Waals surface area contributed by atoms with E-state index in [1.54, 1.807) is 25.7 Å². The minimum absolute atomic E-state index is 0.0858. The smallest absolute Gasteiger partial charge is 0.0146 e. The molecule has 0 amide bonds. The summed E-state index contributed by atoms with van der Waals surface area (Å²) in [5.41, 5.74) is 5.99. The van der Waals surface area contributed by atoms with Gasteiger partial charge in [0.2, 0.25) is 0 Å².